The van der Waals surface area contributed by atoms with E-state index < -0.39 is 0 Å². The van der Waals surface area contributed by atoms with Crippen LogP contribution in [0.2, 0.25) is 0 Å². The van der Waals surface area contributed by atoms with E-state index in [1.54, 1.807) is 0 Å². The van der Waals surface area contributed by atoms with Crippen molar-refractivity contribution in [2.24, 2.45) is 5.92 Å². The Hall–Kier alpha value is -0.120. The topological polar surface area (TPSA) is 32.7 Å². The summed E-state index contributed by atoms with van der Waals surface area (Å²) in [6, 6.07) is 0. The summed E-state index contributed by atoms with van der Waals surface area (Å²) in [7, 11) is 0. The first-order valence-electron chi connectivity index (χ1n) is 7.31. The molecule has 1 saturated heterocycles. The van der Waals surface area contributed by atoms with E-state index in [1.165, 1.54) is 38.5 Å². The Bertz CT molecular complexity index is 210. The van der Waals surface area contributed by atoms with Gasteiger partial charge in [0.25, 0.3) is 0 Å². The second-order valence-electron chi connectivity index (χ2n) is 5.60. The lowest BCUT2D eigenvalue weighted by Gasteiger charge is -2.28. The summed E-state index contributed by atoms with van der Waals surface area (Å²) >= 11 is 0. The SMILES string of the molecule is CCN(CC1CCCO1)CC(O)C1CCCC1. The third-order valence-corrected chi connectivity index (χ3v) is 4.32. The van der Waals surface area contributed by atoms with Crippen molar-refractivity contribution >= 4 is 0 Å². The maximum Gasteiger partial charge on any atom is 0.0702 e. The van der Waals surface area contributed by atoms with Crippen LogP contribution < -0.4 is 0 Å². The zero-order chi connectivity index (χ0) is 12.1. The van der Waals surface area contributed by atoms with Gasteiger partial charge in [0.05, 0.1) is 12.2 Å². The van der Waals surface area contributed by atoms with E-state index in [9.17, 15) is 5.11 Å². The first kappa shape index (κ1) is 13.3. The van der Waals surface area contributed by atoms with Crippen molar-refractivity contribution in [1.29, 1.82) is 0 Å². The van der Waals surface area contributed by atoms with Gasteiger partial charge in [0.1, 0.15) is 0 Å². The lowest BCUT2D eigenvalue weighted by atomic mass is 10.0. The quantitative estimate of drug-likeness (QED) is 0.772. The van der Waals surface area contributed by atoms with Crippen LogP contribution in [0.15, 0.2) is 0 Å². The molecule has 0 spiro atoms. The normalized spacial score (nSPS) is 28.1. The van der Waals surface area contributed by atoms with Gasteiger partial charge in [0, 0.05) is 19.7 Å². The Morgan fingerprint density at radius 1 is 1.24 bits per heavy atom. The molecule has 100 valence electrons. The van der Waals surface area contributed by atoms with Crippen molar-refractivity contribution in [2.75, 3.05) is 26.2 Å². The highest BCUT2D eigenvalue weighted by Gasteiger charge is 2.26. The fourth-order valence-corrected chi connectivity index (χ4v) is 3.16. The molecule has 1 N–H and O–H groups in total. The number of nitrogens with zero attached hydrogens (tertiary/aromatic N) is 1. The van der Waals surface area contributed by atoms with Gasteiger partial charge in [-0.05, 0) is 38.1 Å². The number of ether oxygens (including phenoxy) is 1. The van der Waals surface area contributed by atoms with Gasteiger partial charge in [-0.25, -0.2) is 0 Å². The van der Waals surface area contributed by atoms with Gasteiger partial charge in [-0.15, -0.1) is 0 Å². The fraction of sp³-hybridized carbons (Fsp3) is 1.00. The molecule has 0 aromatic carbocycles. The standard InChI is InChI=1S/C14H27NO2/c1-2-15(10-13-8-5-9-17-13)11-14(16)12-6-3-4-7-12/h12-14,16H,2-11H2,1H3. The van der Waals surface area contributed by atoms with Crippen LogP contribution in [0.4, 0.5) is 0 Å². The number of rotatable bonds is 6. The van der Waals surface area contributed by atoms with Crippen LogP contribution in [0.1, 0.15) is 45.4 Å². The molecule has 3 nitrogen and oxygen atoms in total. The zero-order valence-electron chi connectivity index (χ0n) is 11.1. The maximum atomic E-state index is 10.2. The van der Waals surface area contributed by atoms with Gasteiger partial charge in [0.2, 0.25) is 0 Å². The highest BCUT2D eigenvalue weighted by Crippen LogP contribution is 2.28. The van der Waals surface area contributed by atoms with Crippen molar-refractivity contribution in [3.05, 3.63) is 0 Å². The van der Waals surface area contributed by atoms with E-state index in [0.29, 0.717) is 12.0 Å². The summed E-state index contributed by atoms with van der Waals surface area (Å²) in [5, 5.41) is 10.2. The van der Waals surface area contributed by atoms with E-state index in [4.69, 9.17) is 4.74 Å². The first-order chi connectivity index (χ1) is 8.29. The van der Waals surface area contributed by atoms with Crippen LogP contribution in [-0.2, 0) is 4.74 Å². The maximum absolute atomic E-state index is 10.2. The van der Waals surface area contributed by atoms with Crippen LogP contribution in [-0.4, -0.2) is 48.5 Å². The molecule has 1 heterocycles. The smallest absolute Gasteiger partial charge is 0.0702 e. The summed E-state index contributed by atoms with van der Waals surface area (Å²) in [4.78, 5) is 2.36. The molecule has 3 heteroatoms. The summed E-state index contributed by atoms with van der Waals surface area (Å²) in [6.07, 6.45) is 7.73. The molecular weight excluding hydrogens is 214 g/mol. The number of aliphatic hydroxyl groups is 1. The van der Waals surface area contributed by atoms with E-state index in [1.807, 2.05) is 0 Å². The van der Waals surface area contributed by atoms with Gasteiger partial charge < -0.3 is 9.84 Å². The van der Waals surface area contributed by atoms with Crippen LogP contribution in [0.3, 0.4) is 0 Å². The van der Waals surface area contributed by atoms with Gasteiger partial charge in [-0.2, -0.15) is 0 Å². The molecule has 1 aliphatic carbocycles. The van der Waals surface area contributed by atoms with Crippen molar-refractivity contribution < 1.29 is 9.84 Å². The Morgan fingerprint density at radius 2 is 2.00 bits per heavy atom. The minimum Gasteiger partial charge on any atom is -0.392 e. The monoisotopic (exact) mass is 241 g/mol. The average Bonchev–Trinajstić information content (AvgIpc) is 3.00. The molecule has 0 aromatic rings. The Labute approximate surface area is 105 Å². The molecule has 0 radical (unpaired) electrons. The van der Waals surface area contributed by atoms with Gasteiger partial charge in [0.15, 0.2) is 0 Å². The molecule has 1 aliphatic heterocycles. The van der Waals surface area contributed by atoms with Crippen molar-refractivity contribution in [3.63, 3.8) is 0 Å². The lowest BCUT2D eigenvalue weighted by Crippen LogP contribution is -2.40. The Kier molecular flexibility index (Phi) is 5.26. The molecule has 17 heavy (non-hydrogen) atoms. The molecule has 0 aromatic heterocycles. The Balaban J connectivity index is 1.73. The predicted molar refractivity (Wildman–Crippen MR) is 69.1 cm³/mol. The van der Waals surface area contributed by atoms with Gasteiger partial charge in [-0.1, -0.05) is 19.8 Å². The Morgan fingerprint density at radius 3 is 2.59 bits per heavy atom. The van der Waals surface area contributed by atoms with E-state index in [-0.39, 0.29) is 6.10 Å². The predicted octanol–water partition coefficient (Wildman–Crippen LogP) is 2.04. The summed E-state index contributed by atoms with van der Waals surface area (Å²) in [6.45, 7) is 5.95. The number of hydrogen-bond acceptors (Lipinski definition) is 3. The number of likely N-dealkylation sites (N-methyl/N-ethyl adjacent to an activating group) is 1. The molecule has 0 bridgehead atoms. The largest absolute Gasteiger partial charge is 0.392 e. The van der Waals surface area contributed by atoms with Crippen molar-refractivity contribution in [1.82, 2.24) is 4.90 Å². The molecule has 2 atom stereocenters. The molecule has 2 fully saturated rings. The molecule has 0 amide bonds. The molecule has 1 saturated carbocycles. The molecule has 2 rings (SSSR count). The summed E-state index contributed by atoms with van der Waals surface area (Å²) in [5.74, 6) is 0.550. The minimum atomic E-state index is -0.126. The summed E-state index contributed by atoms with van der Waals surface area (Å²) < 4.78 is 5.67. The molecular formula is C14H27NO2. The van der Waals surface area contributed by atoms with E-state index >= 15 is 0 Å². The van der Waals surface area contributed by atoms with Gasteiger partial charge in [-0.3, -0.25) is 4.90 Å². The highest BCUT2D eigenvalue weighted by atomic mass is 16.5. The minimum absolute atomic E-state index is 0.126. The van der Waals surface area contributed by atoms with Crippen LogP contribution in [0.25, 0.3) is 0 Å². The van der Waals surface area contributed by atoms with Crippen molar-refractivity contribution in [2.45, 2.75) is 57.7 Å². The molecule has 2 unspecified atom stereocenters. The second kappa shape index (κ2) is 6.72. The summed E-state index contributed by atoms with van der Waals surface area (Å²) in [5.41, 5.74) is 0. The lowest BCUT2D eigenvalue weighted by molar-refractivity contribution is 0.0335. The van der Waals surface area contributed by atoms with Gasteiger partial charge >= 0.3 is 0 Å². The van der Waals surface area contributed by atoms with Crippen LogP contribution in [0, 0.1) is 5.92 Å². The first-order valence-corrected chi connectivity index (χ1v) is 7.31. The fourth-order valence-electron chi connectivity index (χ4n) is 3.16. The number of aliphatic hydroxyl groups excluding tert-OH is 1. The van der Waals surface area contributed by atoms with E-state index in [2.05, 4.69) is 11.8 Å². The van der Waals surface area contributed by atoms with E-state index in [0.717, 1.165) is 26.2 Å². The van der Waals surface area contributed by atoms with Crippen molar-refractivity contribution in [3.8, 4) is 0 Å². The molecule has 2 aliphatic rings. The van der Waals surface area contributed by atoms with Crippen LogP contribution in [0.5, 0.6) is 0 Å². The third kappa shape index (κ3) is 3.94. The second-order valence-corrected chi connectivity index (χ2v) is 5.60. The highest BCUT2D eigenvalue weighted by molar-refractivity contribution is 4.79. The van der Waals surface area contributed by atoms with Crippen LogP contribution >= 0.6 is 0 Å². The zero-order valence-corrected chi connectivity index (χ0v) is 11.1. The average molecular weight is 241 g/mol. The third-order valence-electron chi connectivity index (χ3n) is 4.32. The number of hydrogen-bond donors (Lipinski definition) is 1.